The predicted octanol–water partition coefficient (Wildman–Crippen LogP) is 2.21. The number of aliphatic imine (C=N–C) groups is 1. The summed E-state index contributed by atoms with van der Waals surface area (Å²) in [5.41, 5.74) is 7.07. The van der Waals surface area contributed by atoms with Gasteiger partial charge in [-0.2, -0.15) is 0 Å². The average molecular weight is 502 g/mol. The summed E-state index contributed by atoms with van der Waals surface area (Å²) in [7, 11) is 0. The highest BCUT2D eigenvalue weighted by atomic mass is 127. The molecule has 1 aromatic rings. The minimum absolute atomic E-state index is 0. The van der Waals surface area contributed by atoms with Gasteiger partial charge >= 0.3 is 0 Å². The number of hydrogen-bond acceptors (Lipinski definition) is 5. The predicted molar refractivity (Wildman–Crippen MR) is 126 cm³/mol. The molecule has 0 aliphatic carbocycles. The Morgan fingerprint density at radius 2 is 1.86 bits per heavy atom. The second-order valence-electron chi connectivity index (χ2n) is 7.36. The Kier molecular flexibility index (Phi) is 10.9. The van der Waals surface area contributed by atoms with Gasteiger partial charge in [-0.25, -0.2) is 9.98 Å². The molecular formula is C20H35IN6O. The minimum atomic E-state index is 0. The van der Waals surface area contributed by atoms with E-state index in [-0.39, 0.29) is 24.0 Å². The van der Waals surface area contributed by atoms with Crippen LogP contribution in [-0.2, 0) is 11.3 Å². The molecule has 28 heavy (non-hydrogen) atoms. The molecule has 0 amide bonds. The summed E-state index contributed by atoms with van der Waals surface area (Å²) in [6, 6.07) is 4.23. The lowest BCUT2D eigenvalue weighted by molar-refractivity contribution is 0.0376. The molecule has 0 radical (unpaired) electrons. The largest absolute Gasteiger partial charge is 0.379 e. The van der Waals surface area contributed by atoms with Crippen LogP contribution in [0.25, 0.3) is 0 Å². The Labute approximate surface area is 186 Å². The fourth-order valence-corrected chi connectivity index (χ4v) is 3.57. The van der Waals surface area contributed by atoms with Crippen molar-refractivity contribution in [2.45, 2.75) is 38.6 Å². The number of halogens is 1. The van der Waals surface area contributed by atoms with Gasteiger partial charge in [0.05, 0.1) is 19.8 Å². The number of nitrogens with two attached hydrogens (primary N) is 1. The third-order valence-electron chi connectivity index (χ3n) is 5.23. The van der Waals surface area contributed by atoms with E-state index < -0.39 is 0 Å². The smallest absolute Gasteiger partial charge is 0.188 e. The minimum Gasteiger partial charge on any atom is -0.379 e. The van der Waals surface area contributed by atoms with Crippen LogP contribution in [0.1, 0.15) is 37.7 Å². The number of anilines is 1. The molecule has 2 fully saturated rings. The van der Waals surface area contributed by atoms with E-state index in [1.165, 1.54) is 25.7 Å². The van der Waals surface area contributed by atoms with E-state index in [0.29, 0.717) is 12.5 Å². The Bertz CT molecular complexity index is 569. The van der Waals surface area contributed by atoms with E-state index in [1.54, 1.807) is 0 Å². The van der Waals surface area contributed by atoms with Crippen LogP contribution in [0.5, 0.6) is 0 Å². The van der Waals surface area contributed by atoms with Gasteiger partial charge in [0.2, 0.25) is 0 Å². The SMILES string of the molecule is I.NC(=NCc1ccc(N2CCCCCC2)nc1)NCCCN1CCOCC1. The van der Waals surface area contributed by atoms with Crippen LogP contribution in [0.4, 0.5) is 5.82 Å². The van der Waals surface area contributed by atoms with Gasteiger partial charge in [0.25, 0.3) is 0 Å². The van der Waals surface area contributed by atoms with Crippen LogP contribution >= 0.6 is 24.0 Å². The van der Waals surface area contributed by atoms with Crippen molar-refractivity contribution in [3.63, 3.8) is 0 Å². The average Bonchev–Trinajstić information content (AvgIpc) is 3.00. The first-order valence-corrected chi connectivity index (χ1v) is 10.3. The van der Waals surface area contributed by atoms with Crippen LogP contribution in [0, 0.1) is 0 Å². The van der Waals surface area contributed by atoms with Gasteiger partial charge in [-0.1, -0.05) is 18.9 Å². The summed E-state index contributed by atoms with van der Waals surface area (Å²) in [5.74, 6) is 1.59. The maximum atomic E-state index is 5.98. The molecule has 2 saturated heterocycles. The van der Waals surface area contributed by atoms with Gasteiger partial charge in [-0.05, 0) is 37.4 Å². The third kappa shape index (κ3) is 8.08. The molecule has 0 unspecified atom stereocenters. The monoisotopic (exact) mass is 502 g/mol. The molecule has 0 saturated carbocycles. The van der Waals surface area contributed by atoms with Crippen molar-refractivity contribution in [3.05, 3.63) is 23.9 Å². The number of hydrogen-bond donors (Lipinski definition) is 2. The summed E-state index contributed by atoms with van der Waals surface area (Å²) in [5, 5.41) is 3.20. The van der Waals surface area contributed by atoms with Gasteiger partial charge in [0, 0.05) is 38.9 Å². The number of guanidine groups is 1. The Morgan fingerprint density at radius 1 is 1.11 bits per heavy atom. The van der Waals surface area contributed by atoms with E-state index in [4.69, 9.17) is 10.5 Å². The van der Waals surface area contributed by atoms with Crippen molar-refractivity contribution in [1.29, 1.82) is 0 Å². The van der Waals surface area contributed by atoms with Crippen LogP contribution < -0.4 is 16.0 Å². The highest BCUT2D eigenvalue weighted by Gasteiger charge is 2.11. The van der Waals surface area contributed by atoms with E-state index in [2.05, 4.69) is 37.2 Å². The highest BCUT2D eigenvalue weighted by Crippen LogP contribution is 2.17. The van der Waals surface area contributed by atoms with Gasteiger partial charge in [0.15, 0.2) is 5.96 Å². The first-order chi connectivity index (χ1) is 13.3. The van der Waals surface area contributed by atoms with Crippen molar-refractivity contribution in [3.8, 4) is 0 Å². The summed E-state index contributed by atoms with van der Waals surface area (Å²) in [4.78, 5) is 13.9. The van der Waals surface area contributed by atoms with Crippen molar-refractivity contribution in [1.82, 2.24) is 15.2 Å². The zero-order valence-electron chi connectivity index (χ0n) is 16.8. The molecule has 0 aromatic carbocycles. The number of rotatable bonds is 7. The van der Waals surface area contributed by atoms with Crippen LogP contribution in [0.15, 0.2) is 23.3 Å². The Morgan fingerprint density at radius 3 is 2.54 bits per heavy atom. The third-order valence-corrected chi connectivity index (χ3v) is 5.23. The van der Waals surface area contributed by atoms with Gasteiger partial charge in [-0.15, -0.1) is 24.0 Å². The molecule has 2 aliphatic rings. The van der Waals surface area contributed by atoms with E-state index >= 15 is 0 Å². The summed E-state index contributed by atoms with van der Waals surface area (Å²) in [6.45, 7) is 8.48. The molecule has 3 heterocycles. The lowest BCUT2D eigenvalue weighted by Gasteiger charge is -2.26. The lowest BCUT2D eigenvalue weighted by Crippen LogP contribution is -2.39. The molecule has 8 heteroatoms. The molecule has 3 N–H and O–H groups in total. The zero-order chi connectivity index (χ0) is 18.7. The fraction of sp³-hybridized carbons (Fsp3) is 0.700. The number of nitrogens with zero attached hydrogens (tertiary/aromatic N) is 4. The van der Waals surface area contributed by atoms with E-state index in [1.807, 2.05) is 6.20 Å². The van der Waals surface area contributed by atoms with E-state index in [9.17, 15) is 0 Å². The number of nitrogens with one attached hydrogen (secondary N) is 1. The molecule has 3 rings (SSSR count). The molecule has 158 valence electrons. The quantitative estimate of drug-likeness (QED) is 0.258. The Balaban J connectivity index is 0.00000280. The van der Waals surface area contributed by atoms with Crippen molar-refractivity contribution >= 4 is 35.8 Å². The maximum Gasteiger partial charge on any atom is 0.188 e. The number of morpholine rings is 1. The number of ether oxygens (including phenoxy) is 1. The lowest BCUT2D eigenvalue weighted by atomic mass is 10.2. The standard InChI is InChI=1S/C20H34N6O.HI/c21-20(22-8-5-9-25-12-14-27-15-13-25)24-17-18-6-7-19(23-16-18)26-10-3-1-2-4-11-26;/h6-7,16H,1-5,8-15,17H2,(H3,21,22,24);1H. The molecule has 2 aliphatic heterocycles. The van der Waals surface area contributed by atoms with Crippen LogP contribution in [0.2, 0.25) is 0 Å². The van der Waals surface area contributed by atoms with Gasteiger partial charge < -0.3 is 20.7 Å². The molecule has 7 nitrogen and oxygen atoms in total. The normalized spacial score (nSPS) is 19.0. The maximum absolute atomic E-state index is 5.98. The number of pyridine rings is 1. The van der Waals surface area contributed by atoms with E-state index in [0.717, 1.165) is 70.3 Å². The second-order valence-corrected chi connectivity index (χ2v) is 7.36. The summed E-state index contributed by atoms with van der Waals surface area (Å²) >= 11 is 0. The summed E-state index contributed by atoms with van der Waals surface area (Å²) in [6.07, 6.45) is 8.19. The zero-order valence-corrected chi connectivity index (χ0v) is 19.1. The van der Waals surface area contributed by atoms with Gasteiger partial charge in [-0.3, -0.25) is 4.90 Å². The fourth-order valence-electron chi connectivity index (χ4n) is 3.57. The van der Waals surface area contributed by atoms with Crippen molar-refractivity contribution in [2.24, 2.45) is 10.7 Å². The van der Waals surface area contributed by atoms with Crippen molar-refractivity contribution < 1.29 is 4.74 Å². The molecule has 0 spiro atoms. The summed E-state index contributed by atoms with van der Waals surface area (Å²) < 4.78 is 5.36. The first kappa shape index (κ1) is 23.2. The molecule has 0 atom stereocenters. The van der Waals surface area contributed by atoms with Crippen molar-refractivity contribution in [2.75, 3.05) is 57.4 Å². The topological polar surface area (TPSA) is 79.0 Å². The molecule has 1 aromatic heterocycles. The second kappa shape index (κ2) is 13.2. The Hall–Kier alpha value is -1.13. The first-order valence-electron chi connectivity index (χ1n) is 10.3. The molecular weight excluding hydrogens is 467 g/mol. The van der Waals surface area contributed by atoms with Gasteiger partial charge in [0.1, 0.15) is 5.82 Å². The van der Waals surface area contributed by atoms with Crippen LogP contribution in [0.3, 0.4) is 0 Å². The number of aromatic nitrogens is 1. The van der Waals surface area contributed by atoms with Crippen LogP contribution in [-0.4, -0.2) is 68.3 Å². The highest BCUT2D eigenvalue weighted by molar-refractivity contribution is 14.0. The molecule has 0 bridgehead atoms.